The van der Waals surface area contributed by atoms with Crippen LogP contribution in [0.25, 0.3) is 10.8 Å². The maximum atomic E-state index is 10.4. The summed E-state index contributed by atoms with van der Waals surface area (Å²) in [5.41, 5.74) is 3.83. The van der Waals surface area contributed by atoms with Crippen LogP contribution in [0.3, 0.4) is 0 Å². The lowest BCUT2D eigenvalue weighted by molar-refractivity contribution is 0.107. The average molecular weight is 555 g/mol. The molecule has 2 atom stereocenters. The molecule has 8 rings (SSSR count). The van der Waals surface area contributed by atoms with Crippen LogP contribution in [0.15, 0.2) is 36.4 Å². The summed E-state index contributed by atoms with van der Waals surface area (Å²) in [6.07, 6.45) is 9.31. The molecule has 0 radical (unpaired) electrons. The molecule has 6 heterocycles. The number of piperazine rings is 1. The van der Waals surface area contributed by atoms with Crippen molar-refractivity contribution in [3.63, 3.8) is 0 Å². The lowest BCUT2D eigenvalue weighted by atomic mass is 9.95. The molecule has 41 heavy (non-hydrogen) atoms. The highest BCUT2D eigenvalue weighted by Gasteiger charge is 2.45. The molecule has 8 nitrogen and oxygen atoms in total. The van der Waals surface area contributed by atoms with Gasteiger partial charge in [-0.15, -0.1) is 0 Å². The molecular weight excluding hydrogens is 512 g/mol. The van der Waals surface area contributed by atoms with Gasteiger partial charge in [0.05, 0.1) is 11.2 Å². The van der Waals surface area contributed by atoms with Gasteiger partial charge in [-0.3, -0.25) is 9.80 Å². The molecule has 2 aromatic carbocycles. The summed E-state index contributed by atoms with van der Waals surface area (Å²) in [4.78, 5) is 18.0. The van der Waals surface area contributed by atoms with Gasteiger partial charge in [0.25, 0.3) is 0 Å². The summed E-state index contributed by atoms with van der Waals surface area (Å²) in [5.74, 6) is 1.45. The number of fused-ring (bicyclic) bond motifs is 5. The second kappa shape index (κ2) is 10.4. The molecule has 2 N–H and O–H groups in total. The molecule has 0 amide bonds. The van der Waals surface area contributed by atoms with Crippen LogP contribution in [0, 0.1) is 0 Å². The second-order valence-electron chi connectivity index (χ2n) is 13.1. The van der Waals surface area contributed by atoms with Gasteiger partial charge in [0.1, 0.15) is 18.2 Å². The highest BCUT2D eigenvalue weighted by atomic mass is 16.5. The van der Waals surface area contributed by atoms with Gasteiger partial charge in [-0.1, -0.05) is 24.3 Å². The van der Waals surface area contributed by atoms with Gasteiger partial charge in [0, 0.05) is 56.8 Å². The number of ether oxygens (including phenoxy) is 1. The number of anilines is 1. The minimum atomic E-state index is 0.186. The molecule has 4 saturated heterocycles. The molecule has 0 spiro atoms. The summed E-state index contributed by atoms with van der Waals surface area (Å²) >= 11 is 0. The Hall–Kier alpha value is -2.94. The van der Waals surface area contributed by atoms with E-state index < -0.39 is 0 Å². The van der Waals surface area contributed by atoms with Crippen molar-refractivity contribution >= 4 is 16.6 Å². The molecule has 216 valence electrons. The van der Waals surface area contributed by atoms with Crippen LogP contribution in [-0.2, 0) is 19.4 Å². The zero-order chi connectivity index (χ0) is 27.4. The van der Waals surface area contributed by atoms with Crippen LogP contribution in [0.5, 0.6) is 11.8 Å². The van der Waals surface area contributed by atoms with E-state index in [0.29, 0.717) is 30.5 Å². The third kappa shape index (κ3) is 4.84. The second-order valence-corrected chi connectivity index (χ2v) is 13.1. The number of phenolic OH excluding ortho intramolecular Hbond substituents is 1. The fraction of sp³-hybridized carbons (Fsp3) is 0.576. The van der Waals surface area contributed by atoms with Gasteiger partial charge in [-0.2, -0.15) is 9.97 Å². The van der Waals surface area contributed by atoms with Gasteiger partial charge in [0.15, 0.2) is 0 Å². The first-order chi connectivity index (χ1) is 20.1. The fourth-order valence-corrected chi connectivity index (χ4v) is 8.46. The summed E-state index contributed by atoms with van der Waals surface area (Å²) in [7, 11) is 0. The van der Waals surface area contributed by atoms with Crippen LogP contribution in [0.2, 0.25) is 0 Å². The maximum absolute atomic E-state index is 10.4. The Bertz CT molecular complexity index is 1420. The van der Waals surface area contributed by atoms with Crippen LogP contribution in [-0.4, -0.2) is 88.4 Å². The van der Waals surface area contributed by atoms with Crippen LogP contribution in [0.1, 0.15) is 55.3 Å². The summed E-state index contributed by atoms with van der Waals surface area (Å²) in [6.45, 7) is 7.81. The van der Waals surface area contributed by atoms with Crippen molar-refractivity contribution in [3.8, 4) is 11.8 Å². The Morgan fingerprint density at radius 1 is 0.951 bits per heavy atom. The molecule has 4 fully saturated rings. The van der Waals surface area contributed by atoms with E-state index in [9.17, 15) is 5.11 Å². The number of hydrogen-bond donors (Lipinski definition) is 2. The zero-order valence-corrected chi connectivity index (χ0v) is 24.0. The number of nitrogens with one attached hydrogen (secondary N) is 1. The molecule has 1 aromatic heterocycles. The first-order valence-corrected chi connectivity index (χ1v) is 15.8. The SMILES string of the molecule is Oc1cc(CN2CCc3nc(OCC45CCCN4CCC5)nc(N4CC5CCC(C4)N5)c3CC2)c2ccccc2c1. The van der Waals surface area contributed by atoms with Crippen LogP contribution in [0.4, 0.5) is 5.82 Å². The van der Waals surface area contributed by atoms with E-state index in [1.165, 1.54) is 68.1 Å². The van der Waals surface area contributed by atoms with Crippen molar-refractivity contribution in [1.82, 2.24) is 25.1 Å². The van der Waals surface area contributed by atoms with Crippen molar-refractivity contribution in [2.45, 2.75) is 75.5 Å². The third-order valence-electron chi connectivity index (χ3n) is 10.5. The smallest absolute Gasteiger partial charge is 0.318 e. The Morgan fingerprint density at radius 3 is 2.56 bits per heavy atom. The van der Waals surface area contributed by atoms with E-state index in [1.54, 1.807) is 0 Å². The normalized spacial score (nSPS) is 25.8. The van der Waals surface area contributed by atoms with Gasteiger partial charge >= 0.3 is 6.01 Å². The molecule has 5 aliphatic rings. The molecule has 5 aliphatic heterocycles. The molecule has 2 bridgehead atoms. The largest absolute Gasteiger partial charge is 0.508 e. The zero-order valence-electron chi connectivity index (χ0n) is 24.0. The molecule has 3 aromatic rings. The number of aromatic hydroxyl groups is 1. The molecule has 8 heteroatoms. The Labute approximate surface area is 242 Å². The predicted molar refractivity (Wildman–Crippen MR) is 161 cm³/mol. The third-order valence-corrected chi connectivity index (χ3v) is 10.5. The topological polar surface area (TPSA) is 77.0 Å². The number of hydrogen-bond acceptors (Lipinski definition) is 8. The Balaban J connectivity index is 1.07. The van der Waals surface area contributed by atoms with Gasteiger partial charge in [-0.25, -0.2) is 0 Å². The lowest BCUT2D eigenvalue weighted by Crippen LogP contribution is -2.51. The van der Waals surface area contributed by atoms with Crippen LogP contribution < -0.4 is 15.0 Å². The monoisotopic (exact) mass is 554 g/mol. The van der Waals surface area contributed by atoms with E-state index in [4.69, 9.17) is 14.7 Å². The molecular formula is C33H42N6O2. The molecule has 0 aliphatic carbocycles. The average Bonchev–Trinajstić information content (AvgIpc) is 3.62. The van der Waals surface area contributed by atoms with E-state index in [2.05, 4.69) is 38.2 Å². The lowest BCUT2D eigenvalue weighted by Gasteiger charge is -2.35. The predicted octanol–water partition coefficient (Wildman–Crippen LogP) is 3.88. The Kier molecular flexibility index (Phi) is 6.53. The summed E-state index contributed by atoms with van der Waals surface area (Å²) < 4.78 is 6.54. The minimum Gasteiger partial charge on any atom is -0.508 e. The number of aromatic nitrogens is 2. The quantitative estimate of drug-likeness (QED) is 0.476. The van der Waals surface area contributed by atoms with Gasteiger partial charge < -0.3 is 20.1 Å². The highest BCUT2D eigenvalue weighted by molar-refractivity contribution is 5.87. The van der Waals surface area contributed by atoms with Crippen molar-refractivity contribution in [1.29, 1.82) is 0 Å². The summed E-state index contributed by atoms with van der Waals surface area (Å²) in [5, 5.41) is 16.5. The van der Waals surface area contributed by atoms with Crippen LogP contribution >= 0.6 is 0 Å². The summed E-state index contributed by atoms with van der Waals surface area (Å²) in [6, 6.07) is 13.8. The van der Waals surface area contributed by atoms with Crippen molar-refractivity contribution in [2.24, 2.45) is 0 Å². The van der Waals surface area contributed by atoms with E-state index in [0.717, 1.165) is 62.5 Å². The first kappa shape index (κ1) is 25.7. The van der Waals surface area contributed by atoms with E-state index in [1.807, 2.05) is 18.2 Å². The van der Waals surface area contributed by atoms with E-state index in [-0.39, 0.29) is 5.54 Å². The number of phenols is 1. The standard InChI is InChI=1S/C33H42N6O2/c40-27-17-23-5-1-2-6-28(23)24(18-27)19-37-15-9-29-30(10-16-37)35-32(41-22-33-11-3-13-39(33)14-4-12-33)36-31(29)38-20-25-7-8-26(21-38)34-25/h1-2,5-6,17-18,25-26,34,40H,3-4,7-16,19-22H2. The van der Waals surface area contributed by atoms with Crippen molar-refractivity contribution in [3.05, 3.63) is 53.2 Å². The molecule has 2 unspecified atom stereocenters. The van der Waals surface area contributed by atoms with Crippen molar-refractivity contribution < 1.29 is 9.84 Å². The van der Waals surface area contributed by atoms with Gasteiger partial charge in [-0.05, 0) is 86.5 Å². The van der Waals surface area contributed by atoms with E-state index >= 15 is 0 Å². The molecule has 0 saturated carbocycles. The highest BCUT2D eigenvalue weighted by Crippen LogP contribution is 2.39. The van der Waals surface area contributed by atoms with Gasteiger partial charge in [0.2, 0.25) is 0 Å². The Morgan fingerprint density at radius 2 is 1.73 bits per heavy atom. The number of nitrogens with zero attached hydrogens (tertiary/aromatic N) is 5. The van der Waals surface area contributed by atoms with Crippen molar-refractivity contribution in [2.75, 3.05) is 50.8 Å². The fourth-order valence-electron chi connectivity index (χ4n) is 8.46. The minimum absolute atomic E-state index is 0.186. The number of rotatable bonds is 6. The first-order valence-electron chi connectivity index (χ1n) is 15.8. The maximum Gasteiger partial charge on any atom is 0.318 e. The number of benzene rings is 2.